The molecule has 1 aliphatic rings. The van der Waals surface area contributed by atoms with E-state index in [0.29, 0.717) is 0 Å². The van der Waals surface area contributed by atoms with Crippen molar-refractivity contribution in [2.24, 2.45) is 0 Å². The lowest BCUT2D eigenvalue weighted by atomic mass is 9.79. The first-order chi connectivity index (χ1) is 64.7. The fraction of sp³-hybridized carbons (Fsp3) is 0.0240. The van der Waals surface area contributed by atoms with Crippen LogP contribution in [0.1, 0.15) is 25.0 Å². The number of nitrogens with zero attached hydrogens (tertiary/aromatic N) is 4. The Hall–Kier alpha value is -17.1. The van der Waals surface area contributed by atoms with Crippen LogP contribution in [0.4, 0.5) is 34.1 Å². The van der Waals surface area contributed by atoms with E-state index < -0.39 is 0 Å². The molecule has 26 rings (SSSR count). The van der Waals surface area contributed by atoms with Gasteiger partial charge in [-0.3, -0.25) is 0 Å². The molecule has 0 amide bonds. The van der Waals surface area contributed by atoms with Gasteiger partial charge in [-0.2, -0.15) is 0 Å². The second-order valence-corrected chi connectivity index (χ2v) is 35.4. The van der Waals surface area contributed by atoms with Crippen LogP contribution < -0.4 is 9.80 Å². The Kier molecular flexibility index (Phi) is 17.3. The zero-order valence-corrected chi connectivity index (χ0v) is 72.0. The fourth-order valence-electron chi connectivity index (χ4n) is 21.5. The van der Waals surface area contributed by atoms with Crippen LogP contribution in [-0.2, 0) is 5.41 Å². The molecule has 0 saturated heterocycles. The highest BCUT2D eigenvalue weighted by molar-refractivity contribution is 6.16. The average molecular weight is 1670 g/mol. The third-order valence-electron chi connectivity index (χ3n) is 27.7. The van der Waals surface area contributed by atoms with Crippen molar-refractivity contribution in [1.29, 1.82) is 0 Å². The highest BCUT2D eigenvalue weighted by atomic mass is 16.3. The Morgan fingerprint density at radius 3 is 1.04 bits per heavy atom. The van der Waals surface area contributed by atoms with E-state index in [9.17, 15) is 0 Å². The van der Waals surface area contributed by atoms with Crippen LogP contribution in [0, 0.1) is 0 Å². The van der Waals surface area contributed by atoms with Crippen molar-refractivity contribution in [3.8, 4) is 100 Å². The van der Waals surface area contributed by atoms with E-state index in [1.54, 1.807) is 0 Å². The molecule has 131 heavy (non-hydrogen) atoms. The average Bonchev–Trinajstić information content (AvgIpc) is 1.49. The molecule has 0 saturated carbocycles. The SMILES string of the molecule is CC1(C)c2ccccc2-c2cccc(-c3ccc(N(c4ccc(-c5ccc(-c6ccc(-c7ccc8cc(-c9ccc(N(c%10ccc(-c%11ccc(-c%12ccccc%12-n%12c%13ccccc%13c%13ccccc%13%12)cc%11)cc%10)c%10ccc%11c(c%10)oc%10ccccc%10%11)cc9)c9ccccc9c8c7)cc6-n6c7ccccc7c7ccccc76)cc5)cc4)c4ccc5c(c4)oc4ccccc45)cc3)c21. The maximum atomic E-state index is 6.59. The second-order valence-electron chi connectivity index (χ2n) is 35.4. The first-order valence-electron chi connectivity index (χ1n) is 45.1. The van der Waals surface area contributed by atoms with Gasteiger partial charge in [0.1, 0.15) is 22.3 Å². The summed E-state index contributed by atoms with van der Waals surface area (Å²) in [5.41, 5.74) is 38.0. The van der Waals surface area contributed by atoms with Crippen molar-refractivity contribution in [2.45, 2.75) is 19.3 Å². The van der Waals surface area contributed by atoms with Gasteiger partial charge in [-0.25, -0.2) is 0 Å². The Morgan fingerprint density at radius 2 is 0.527 bits per heavy atom. The second kappa shape index (κ2) is 30.1. The summed E-state index contributed by atoms with van der Waals surface area (Å²) >= 11 is 0. The molecular formula is C125H82N4O2. The molecule has 6 heteroatoms. The Bertz CT molecular complexity index is 8810. The van der Waals surface area contributed by atoms with Crippen molar-refractivity contribution >= 4 is 143 Å². The van der Waals surface area contributed by atoms with E-state index in [1.165, 1.54) is 98.6 Å². The summed E-state index contributed by atoms with van der Waals surface area (Å²) in [5.74, 6) is 0. The molecule has 25 aromatic rings. The van der Waals surface area contributed by atoms with E-state index in [2.05, 4.69) is 482 Å². The fourth-order valence-corrected chi connectivity index (χ4v) is 21.5. The number of hydrogen-bond donors (Lipinski definition) is 0. The Balaban J connectivity index is 0.519. The maximum absolute atomic E-state index is 6.59. The van der Waals surface area contributed by atoms with E-state index in [1.807, 2.05) is 12.1 Å². The number of aromatic nitrogens is 2. The molecule has 6 nitrogen and oxygen atoms in total. The van der Waals surface area contributed by atoms with Crippen LogP contribution in [-0.4, -0.2) is 9.13 Å². The molecule has 0 aliphatic heterocycles. The molecule has 21 aromatic carbocycles. The van der Waals surface area contributed by atoms with Crippen molar-refractivity contribution < 1.29 is 8.83 Å². The van der Waals surface area contributed by atoms with Crippen molar-refractivity contribution in [3.63, 3.8) is 0 Å². The van der Waals surface area contributed by atoms with Gasteiger partial charge < -0.3 is 27.8 Å². The van der Waals surface area contributed by atoms with Crippen molar-refractivity contribution in [2.75, 3.05) is 9.80 Å². The van der Waals surface area contributed by atoms with Crippen LogP contribution in [0.5, 0.6) is 0 Å². The molecule has 0 N–H and O–H groups in total. The predicted molar refractivity (Wildman–Crippen MR) is 550 cm³/mol. The number of anilines is 6. The summed E-state index contributed by atoms with van der Waals surface area (Å²) in [7, 11) is 0. The van der Waals surface area contributed by atoms with Crippen LogP contribution in [0.15, 0.2) is 470 Å². The largest absolute Gasteiger partial charge is 0.456 e. The van der Waals surface area contributed by atoms with Crippen molar-refractivity contribution in [3.05, 3.63) is 472 Å². The smallest absolute Gasteiger partial charge is 0.137 e. The summed E-state index contributed by atoms with van der Waals surface area (Å²) in [6, 6.07) is 169. The van der Waals surface area contributed by atoms with Gasteiger partial charge in [0.05, 0.1) is 33.4 Å². The predicted octanol–water partition coefficient (Wildman–Crippen LogP) is 34.9. The molecule has 0 fully saturated rings. The third-order valence-corrected chi connectivity index (χ3v) is 27.7. The molecule has 4 aromatic heterocycles. The number of hydrogen-bond acceptors (Lipinski definition) is 4. The van der Waals surface area contributed by atoms with Gasteiger partial charge in [0, 0.05) is 106 Å². The lowest BCUT2D eigenvalue weighted by molar-refractivity contribution is 0.662. The van der Waals surface area contributed by atoms with Gasteiger partial charge in [0.15, 0.2) is 0 Å². The molecule has 0 atom stereocenters. The van der Waals surface area contributed by atoms with E-state index >= 15 is 0 Å². The molecular weight excluding hydrogens is 1590 g/mol. The quantitative estimate of drug-likeness (QED) is 0.0960. The molecule has 0 unspecified atom stereocenters. The summed E-state index contributed by atoms with van der Waals surface area (Å²) in [6.45, 7) is 4.73. The van der Waals surface area contributed by atoms with E-state index in [4.69, 9.17) is 8.83 Å². The highest BCUT2D eigenvalue weighted by Gasteiger charge is 2.38. The van der Waals surface area contributed by atoms with Crippen LogP contribution in [0.3, 0.4) is 0 Å². The van der Waals surface area contributed by atoms with Crippen LogP contribution >= 0.6 is 0 Å². The number of fused-ring (bicyclic) bond motifs is 18. The van der Waals surface area contributed by atoms with Crippen LogP contribution in [0.2, 0.25) is 0 Å². The van der Waals surface area contributed by atoms with Crippen LogP contribution in [0.25, 0.3) is 209 Å². The Labute approximate surface area is 757 Å². The third kappa shape index (κ3) is 12.3. The standard InChI is InChI=1S/C125H82N4O2/c1-125(2)113-34-13-5-25-101(113)110-33-21-32-98(124(110)125)85-56-65-92(66-57-85)126(94-69-72-108-106-30-11-19-40-120(106)130-122(108)77-94)90-61-54-82(55-62-90)80-44-48-84(49-45-80)97-71-60-88(76-119(97)129-117-38-17-9-28-104(117)105-29-10-18-39-118(105)129)87-50-51-89-75-111(99-23-3-4-24-100(99)112(89)74-87)86-58-67-93(68-59-86)127(95-70-73-109-107-31-12-20-41-121(107)131-123(109)78-95)91-63-52-81(53-64-91)79-42-46-83(47-43-79)96-22-6-14-35-114(96)128-115-36-15-7-26-102(115)103-27-8-16-37-116(103)128/h3-78H,1-2H3. The highest BCUT2D eigenvalue weighted by Crippen LogP contribution is 2.54. The van der Waals surface area contributed by atoms with Gasteiger partial charge in [0.2, 0.25) is 0 Å². The minimum atomic E-state index is -0.142. The maximum Gasteiger partial charge on any atom is 0.137 e. The number of benzene rings is 21. The molecule has 0 bridgehead atoms. The van der Waals surface area contributed by atoms with Gasteiger partial charge in [-0.1, -0.05) is 329 Å². The van der Waals surface area contributed by atoms with Crippen molar-refractivity contribution in [1.82, 2.24) is 9.13 Å². The minimum Gasteiger partial charge on any atom is -0.456 e. The van der Waals surface area contributed by atoms with Gasteiger partial charge in [-0.05, 0) is 244 Å². The zero-order valence-electron chi connectivity index (χ0n) is 72.0. The summed E-state index contributed by atoms with van der Waals surface area (Å²) in [4.78, 5) is 4.70. The molecule has 0 spiro atoms. The lowest BCUT2D eigenvalue weighted by Gasteiger charge is -2.27. The number of furan rings is 2. The Morgan fingerprint density at radius 1 is 0.191 bits per heavy atom. The minimum absolute atomic E-state index is 0.142. The summed E-state index contributed by atoms with van der Waals surface area (Å²) in [6.07, 6.45) is 0. The number of rotatable bonds is 15. The lowest BCUT2D eigenvalue weighted by Crippen LogP contribution is -2.16. The first-order valence-corrected chi connectivity index (χ1v) is 45.1. The first kappa shape index (κ1) is 75.3. The topological polar surface area (TPSA) is 42.6 Å². The van der Waals surface area contributed by atoms with E-state index in [0.717, 1.165) is 156 Å². The number of para-hydroxylation sites is 7. The normalized spacial score (nSPS) is 12.4. The van der Waals surface area contributed by atoms with Gasteiger partial charge in [-0.15, -0.1) is 0 Å². The molecule has 614 valence electrons. The summed E-state index contributed by atoms with van der Waals surface area (Å²) < 4.78 is 18.0. The molecule has 1 aliphatic carbocycles. The zero-order chi connectivity index (χ0) is 86.5. The van der Waals surface area contributed by atoms with Gasteiger partial charge in [0.25, 0.3) is 0 Å². The monoisotopic (exact) mass is 1670 g/mol. The molecule has 4 heterocycles. The molecule has 0 radical (unpaired) electrons. The summed E-state index contributed by atoms with van der Waals surface area (Å²) in [5, 5.41) is 14.1. The van der Waals surface area contributed by atoms with Gasteiger partial charge >= 0.3 is 0 Å². The van der Waals surface area contributed by atoms with E-state index in [-0.39, 0.29) is 5.41 Å².